The minimum absolute atomic E-state index is 0.377. The lowest BCUT2D eigenvalue weighted by Gasteiger charge is -2.10. The maximum absolute atomic E-state index is 11.6. The summed E-state index contributed by atoms with van der Waals surface area (Å²) in [4.78, 5) is 11.6. The third-order valence-electron chi connectivity index (χ3n) is 2.39. The van der Waals surface area contributed by atoms with Crippen molar-refractivity contribution >= 4 is 23.0 Å². The van der Waals surface area contributed by atoms with E-state index in [0.717, 1.165) is 5.56 Å². The third kappa shape index (κ3) is 2.81. The molecule has 0 unspecified atom stereocenters. The Morgan fingerprint density at radius 3 is 2.89 bits per heavy atom. The summed E-state index contributed by atoms with van der Waals surface area (Å²) < 4.78 is 10.3. The minimum Gasteiger partial charge on any atom is -0.488 e. The van der Waals surface area contributed by atoms with Crippen LogP contribution in [0.25, 0.3) is 0 Å². The molecule has 18 heavy (non-hydrogen) atoms. The topological polar surface area (TPSA) is 61.5 Å². The Balaban J connectivity index is 2.19. The Hall–Kier alpha value is -2.01. The van der Waals surface area contributed by atoms with Crippen LogP contribution in [0, 0.1) is 0 Å². The average molecular weight is 263 g/mol. The van der Waals surface area contributed by atoms with Crippen molar-refractivity contribution < 1.29 is 14.3 Å². The van der Waals surface area contributed by atoms with Crippen LogP contribution >= 0.6 is 11.3 Å². The van der Waals surface area contributed by atoms with Gasteiger partial charge in [0.15, 0.2) is 0 Å². The first-order valence-electron chi connectivity index (χ1n) is 5.32. The van der Waals surface area contributed by atoms with Crippen molar-refractivity contribution in [3.8, 4) is 5.75 Å². The predicted molar refractivity (Wildman–Crippen MR) is 70.8 cm³/mol. The van der Waals surface area contributed by atoms with Gasteiger partial charge in [-0.25, -0.2) is 4.79 Å². The second-order valence-corrected chi connectivity index (χ2v) is 4.45. The SMILES string of the molecule is COC(=O)c1ccc(N)cc1OCc1ccsc1. The number of hydrogen-bond donors (Lipinski definition) is 1. The van der Waals surface area contributed by atoms with E-state index in [1.165, 1.54) is 7.11 Å². The van der Waals surface area contributed by atoms with Gasteiger partial charge < -0.3 is 15.2 Å². The molecule has 0 saturated carbocycles. The average Bonchev–Trinajstić information content (AvgIpc) is 2.88. The monoisotopic (exact) mass is 263 g/mol. The number of esters is 1. The van der Waals surface area contributed by atoms with Crippen LogP contribution in [-0.4, -0.2) is 13.1 Å². The molecular formula is C13H13NO3S. The maximum atomic E-state index is 11.6. The molecule has 0 radical (unpaired) electrons. The molecule has 2 N–H and O–H groups in total. The Bertz CT molecular complexity index is 537. The highest BCUT2D eigenvalue weighted by Crippen LogP contribution is 2.24. The van der Waals surface area contributed by atoms with E-state index in [1.54, 1.807) is 29.5 Å². The number of methoxy groups -OCH3 is 1. The zero-order chi connectivity index (χ0) is 13.0. The van der Waals surface area contributed by atoms with Gasteiger partial charge in [0, 0.05) is 11.8 Å². The summed E-state index contributed by atoms with van der Waals surface area (Å²) in [6.07, 6.45) is 0. The van der Waals surface area contributed by atoms with Crippen LogP contribution in [-0.2, 0) is 11.3 Å². The van der Waals surface area contributed by atoms with Crippen molar-refractivity contribution in [2.24, 2.45) is 0 Å². The van der Waals surface area contributed by atoms with Crippen molar-refractivity contribution in [2.75, 3.05) is 12.8 Å². The van der Waals surface area contributed by atoms with Gasteiger partial charge in [-0.3, -0.25) is 0 Å². The van der Waals surface area contributed by atoms with Gasteiger partial charge in [0.2, 0.25) is 0 Å². The van der Waals surface area contributed by atoms with E-state index in [1.807, 2.05) is 16.8 Å². The lowest BCUT2D eigenvalue weighted by atomic mass is 10.2. The zero-order valence-electron chi connectivity index (χ0n) is 9.88. The first-order chi connectivity index (χ1) is 8.70. The Labute approximate surface area is 109 Å². The molecule has 0 bridgehead atoms. The highest BCUT2D eigenvalue weighted by Gasteiger charge is 2.13. The summed E-state index contributed by atoms with van der Waals surface area (Å²) in [7, 11) is 1.33. The molecule has 0 aliphatic rings. The fourth-order valence-corrected chi connectivity index (χ4v) is 2.13. The number of carbonyl (C=O) groups excluding carboxylic acids is 1. The van der Waals surface area contributed by atoms with Crippen molar-refractivity contribution in [1.82, 2.24) is 0 Å². The first-order valence-corrected chi connectivity index (χ1v) is 6.26. The molecule has 1 aromatic carbocycles. The maximum Gasteiger partial charge on any atom is 0.341 e. The quantitative estimate of drug-likeness (QED) is 0.680. The molecule has 0 aliphatic heterocycles. The van der Waals surface area contributed by atoms with Crippen LogP contribution < -0.4 is 10.5 Å². The van der Waals surface area contributed by atoms with E-state index in [9.17, 15) is 4.79 Å². The number of thiophene rings is 1. The van der Waals surface area contributed by atoms with E-state index in [4.69, 9.17) is 15.2 Å². The van der Waals surface area contributed by atoms with Gasteiger partial charge in [-0.05, 0) is 34.5 Å². The summed E-state index contributed by atoms with van der Waals surface area (Å²) in [5.74, 6) is 0.00312. The smallest absolute Gasteiger partial charge is 0.341 e. The van der Waals surface area contributed by atoms with E-state index >= 15 is 0 Å². The molecule has 2 rings (SSSR count). The highest BCUT2D eigenvalue weighted by atomic mass is 32.1. The molecule has 1 heterocycles. The standard InChI is InChI=1S/C13H13NO3S/c1-16-13(15)11-3-2-10(14)6-12(11)17-7-9-4-5-18-8-9/h2-6,8H,7,14H2,1H3. The van der Waals surface area contributed by atoms with E-state index in [0.29, 0.717) is 23.6 Å². The molecule has 0 fully saturated rings. The lowest BCUT2D eigenvalue weighted by molar-refractivity contribution is 0.0595. The fourth-order valence-electron chi connectivity index (χ4n) is 1.47. The number of ether oxygens (including phenoxy) is 2. The van der Waals surface area contributed by atoms with Crippen molar-refractivity contribution in [3.05, 3.63) is 46.2 Å². The molecule has 1 aromatic heterocycles. The number of benzene rings is 1. The Kier molecular flexibility index (Phi) is 3.84. The van der Waals surface area contributed by atoms with Crippen LogP contribution in [0.1, 0.15) is 15.9 Å². The number of anilines is 1. The van der Waals surface area contributed by atoms with E-state index in [2.05, 4.69) is 0 Å². The van der Waals surface area contributed by atoms with Crippen molar-refractivity contribution in [2.45, 2.75) is 6.61 Å². The lowest BCUT2D eigenvalue weighted by Crippen LogP contribution is -2.06. The third-order valence-corrected chi connectivity index (χ3v) is 3.12. The molecule has 5 heteroatoms. The van der Waals surface area contributed by atoms with Gasteiger partial charge in [-0.1, -0.05) is 0 Å². The van der Waals surface area contributed by atoms with Gasteiger partial charge in [-0.15, -0.1) is 0 Å². The van der Waals surface area contributed by atoms with Gasteiger partial charge in [0.1, 0.15) is 17.9 Å². The molecule has 0 aliphatic carbocycles. The fraction of sp³-hybridized carbons (Fsp3) is 0.154. The van der Waals surface area contributed by atoms with Crippen molar-refractivity contribution in [1.29, 1.82) is 0 Å². The first kappa shape index (κ1) is 12.4. The van der Waals surface area contributed by atoms with Crippen LogP contribution in [0.15, 0.2) is 35.0 Å². The Morgan fingerprint density at radius 1 is 1.39 bits per heavy atom. The van der Waals surface area contributed by atoms with Gasteiger partial charge in [0.25, 0.3) is 0 Å². The number of hydrogen-bond acceptors (Lipinski definition) is 5. The molecular weight excluding hydrogens is 250 g/mol. The van der Waals surface area contributed by atoms with Crippen molar-refractivity contribution in [3.63, 3.8) is 0 Å². The molecule has 0 saturated heterocycles. The molecule has 0 spiro atoms. The number of carbonyl (C=O) groups is 1. The van der Waals surface area contributed by atoms with Crippen LogP contribution in [0.2, 0.25) is 0 Å². The minimum atomic E-state index is -0.435. The summed E-state index contributed by atoms with van der Waals surface area (Å²) in [5, 5.41) is 3.96. The van der Waals surface area contributed by atoms with E-state index < -0.39 is 5.97 Å². The summed E-state index contributed by atoms with van der Waals surface area (Å²) in [5.41, 5.74) is 7.66. The summed E-state index contributed by atoms with van der Waals surface area (Å²) in [6, 6.07) is 6.83. The van der Waals surface area contributed by atoms with E-state index in [-0.39, 0.29) is 0 Å². The second kappa shape index (κ2) is 5.55. The molecule has 2 aromatic rings. The van der Waals surface area contributed by atoms with Crippen LogP contribution in [0.4, 0.5) is 5.69 Å². The van der Waals surface area contributed by atoms with Gasteiger partial charge >= 0.3 is 5.97 Å². The molecule has 94 valence electrons. The number of nitrogens with two attached hydrogens (primary N) is 1. The summed E-state index contributed by atoms with van der Waals surface area (Å²) >= 11 is 1.60. The highest BCUT2D eigenvalue weighted by molar-refractivity contribution is 7.07. The second-order valence-electron chi connectivity index (χ2n) is 3.67. The van der Waals surface area contributed by atoms with Crippen LogP contribution in [0.3, 0.4) is 0 Å². The summed E-state index contributed by atoms with van der Waals surface area (Å²) in [6.45, 7) is 0.400. The molecule has 4 nitrogen and oxygen atoms in total. The van der Waals surface area contributed by atoms with Gasteiger partial charge in [0.05, 0.1) is 7.11 Å². The zero-order valence-corrected chi connectivity index (χ0v) is 10.7. The molecule has 0 amide bonds. The predicted octanol–water partition coefficient (Wildman–Crippen LogP) is 2.70. The van der Waals surface area contributed by atoms with Gasteiger partial charge in [-0.2, -0.15) is 11.3 Å². The van der Waals surface area contributed by atoms with Crippen LogP contribution in [0.5, 0.6) is 5.75 Å². The normalized spacial score (nSPS) is 10.1. The number of rotatable bonds is 4. The number of nitrogen functional groups attached to an aromatic ring is 1. The Morgan fingerprint density at radius 2 is 2.22 bits per heavy atom. The largest absolute Gasteiger partial charge is 0.488 e. The molecule has 0 atom stereocenters.